The van der Waals surface area contributed by atoms with Gasteiger partial charge in [0.25, 0.3) is 0 Å². The molecule has 0 spiro atoms. The second-order valence-corrected chi connectivity index (χ2v) is 13.6. The molecule has 0 fully saturated rings. The van der Waals surface area contributed by atoms with E-state index in [0.717, 1.165) is 109 Å². The van der Waals surface area contributed by atoms with Gasteiger partial charge in [-0.1, -0.05) is 157 Å². The summed E-state index contributed by atoms with van der Waals surface area (Å²) in [5, 5.41) is 0. The summed E-state index contributed by atoms with van der Waals surface area (Å²) in [6.45, 7) is 6.21. The van der Waals surface area contributed by atoms with E-state index >= 15 is 0 Å². The maximum absolute atomic E-state index is 12.7. The van der Waals surface area contributed by atoms with E-state index in [0.29, 0.717) is 19.3 Å². The van der Waals surface area contributed by atoms with Gasteiger partial charge in [0.2, 0.25) is 0 Å². The molecule has 0 heterocycles. The molecule has 0 saturated heterocycles. The van der Waals surface area contributed by atoms with Crippen molar-refractivity contribution in [2.45, 2.75) is 175 Å². The fraction of sp³-hybridized carbons (Fsp3) is 0.604. The smallest absolute Gasteiger partial charge is 0.306 e. The number of esters is 3. The summed E-state index contributed by atoms with van der Waals surface area (Å²) in [6, 6.07) is 0. The van der Waals surface area contributed by atoms with Crippen LogP contribution in [0, 0.1) is 0 Å². The van der Waals surface area contributed by atoms with Crippen LogP contribution in [-0.4, -0.2) is 37.2 Å². The molecule has 0 aliphatic rings. The number of carbonyl (C=O) groups is 3. The van der Waals surface area contributed by atoms with Crippen LogP contribution in [0.25, 0.3) is 0 Å². The standard InChI is InChI=1S/C48H76O6/c1-4-7-10-13-16-19-22-24-27-29-32-35-38-41-47(50)53-44-45(43-52-46(49)40-37-34-31-28-25-21-18-15-12-9-6-3)54-48(51)42-39-36-33-30-26-23-20-17-14-11-8-5-2/h7-8,10-11,13,15-22,25-26,30,45H,4-6,9,12,14,23-24,27-29,31-44H2,1-3H3/b10-7-,11-8-,16-13-,18-15-,20-17-,22-19-,25-21-,30-26-. The highest BCUT2D eigenvalue weighted by molar-refractivity contribution is 5.71. The normalized spacial score (nSPS) is 13.0. The number of allylic oxidation sites excluding steroid dienone is 16. The lowest BCUT2D eigenvalue weighted by Crippen LogP contribution is -2.30. The SMILES string of the molecule is CC\C=C/C=C\C=C/CCCCCCCC(=O)OCC(COC(=O)CCCCC/C=C\C=C/CCCC)OC(=O)CCCC/C=C\C/C=C\C/C=C\CC. The van der Waals surface area contributed by atoms with Crippen LogP contribution in [0.15, 0.2) is 97.2 Å². The molecule has 6 heteroatoms. The van der Waals surface area contributed by atoms with E-state index < -0.39 is 6.10 Å². The van der Waals surface area contributed by atoms with Gasteiger partial charge in [0.15, 0.2) is 6.10 Å². The van der Waals surface area contributed by atoms with Gasteiger partial charge in [-0.15, -0.1) is 0 Å². The van der Waals surface area contributed by atoms with Gasteiger partial charge in [0, 0.05) is 19.3 Å². The largest absolute Gasteiger partial charge is 0.462 e. The second kappa shape index (κ2) is 42.1. The van der Waals surface area contributed by atoms with Crippen LogP contribution in [0.5, 0.6) is 0 Å². The van der Waals surface area contributed by atoms with Crippen molar-refractivity contribution in [2.75, 3.05) is 13.2 Å². The van der Waals surface area contributed by atoms with Gasteiger partial charge in [-0.25, -0.2) is 0 Å². The molecule has 0 saturated carbocycles. The lowest BCUT2D eigenvalue weighted by Gasteiger charge is -2.18. The molecule has 0 aromatic rings. The maximum Gasteiger partial charge on any atom is 0.306 e. The minimum absolute atomic E-state index is 0.114. The molecule has 0 N–H and O–H groups in total. The molecular formula is C48H76O6. The van der Waals surface area contributed by atoms with Crippen molar-refractivity contribution >= 4 is 17.9 Å². The van der Waals surface area contributed by atoms with Crippen molar-refractivity contribution in [3.63, 3.8) is 0 Å². The number of rotatable bonds is 36. The summed E-state index contributed by atoms with van der Waals surface area (Å²) in [6.07, 6.45) is 53.9. The van der Waals surface area contributed by atoms with Gasteiger partial charge in [-0.05, 0) is 89.9 Å². The topological polar surface area (TPSA) is 78.9 Å². The number of ether oxygens (including phenoxy) is 3. The fourth-order valence-corrected chi connectivity index (χ4v) is 5.19. The summed E-state index contributed by atoms with van der Waals surface area (Å²) in [7, 11) is 0. The van der Waals surface area contributed by atoms with Crippen LogP contribution in [-0.2, 0) is 28.6 Å². The molecule has 0 amide bonds. The van der Waals surface area contributed by atoms with Gasteiger partial charge in [-0.2, -0.15) is 0 Å². The van der Waals surface area contributed by atoms with Crippen molar-refractivity contribution in [3.8, 4) is 0 Å². The van der Waals surface area contributed by atoms with Gasteiger partial charge < -0.3 is 14.2 Å². The Kier molecular flexibility index (Phi) is 39.2. The van der Waals surface area contributed by atoms with Crippen LogP contribution in [0.4, 0.5) is 0 Å². The third-order valence-electron chi connectivity index (χ3n) is 8.39. The van der Waals surface area contributed by atoms with Crippen molar-refractivity contribution in [2.24, 2.45) is 0 Å². The van der Waals surface area contributed by atoms with E-state index in [9.17, 15) is 14.4 Å². The molecule has 1 atom stereocenters. The van der Waals surface area contributed by atoms with Crippen LogP contribution in [0.2, 0.25) is 0 Å². The Hall–Kier alpha value is -3.67. The lowest BCUT2D eigenvalue weighted by molar-refractivity contribution is -0.167. The van der Waals surface area contributed by atoms with Gasteiger partial charge >= 0.3 is 17.9 Å². The first kappa shape index (κ1) is 50.3. The van der Waals surface area contributed by atoms with Gasteiger partial charge in [-0.3, -0.25) is 14.4 Å². The van der Waals surface area contributed by atoms with E-state index in [1.807, 2.05) is 6.08 Å². The monoisotopic (exact) mass is 749 g/mol. The van der Waals surface area contributed by atoms with Crippen LogP contribution < -0.4 is 0 Å². The zero-order chi connectivity index (χ0) is 39.4. The Morgan fingerprint density at radius 2 is 0.815 bits per heavy atom. The first-order valence-corrected chi connectivity index (χ1v) is 21.3. The molecule has 54 heavy (non-hydrogen) atoms. The molecular weight excluding hydrogens is 673 g/mol. The zero-order valence-corrected chi connectivity index (χ0v) is 34.4. The third kappa shape index (κ3) is 39.5. The van der Waals surface area contributed by atoms with E-state index in [1.165, 1.54) is 12.8 Å². The van der Waals surface area contributed by atoms with Crippen molar-refractivity contribution in [1.29, 1.82) is 0 Å². The highest BCUT2D eigenvalue weighted by Gasteiger charge is 2.19. The van der Waals surface area contributed by atoms with Crippen molar-refractivity contribution in [3.05, 3.63) is 97.2 Å². The number of carbonyl (C=O) groups excluding carboxylic acids is 3. The van der Waals surface area contributed by atoms with E-state index in [2.05, 4.69) is 112 Å². The van der Waals surface area contributed by atoms with Crippen LogP contribution in [0.3, 0.4) is 0 Å². The summed E-state index contributed by atoms with van der Waals surface area (Å²) >= 11 is 0. The first-order chi connectivity index (χ1) is 26.5. The highest BCUT2D eigenvalue weighted by Crippen LogP contribution is 2.11. The molecule has 0 rings (SSSR count). The maximum atomic E-state index is 12.7. The molecule has 6 nitrogen and oxygen atoms in total. The second-order valence-electron chi connectivity index (χ2n) is 13.6. The summed E-state index contributed by atoms with van der Waals surface area (Å²) in [4.78, 5) is 37.6. The Morgan fingerprint density at radius 1 is 0.407 bits per heavy atom. The molecule has 0 radical (unpaired) electrons. The van der Waals surface area contributed by atoms with Crippen LogP contribution in [0.1, 0.15) is 168 Å². The molecule has 0 aliphatic carbocycles. The average molecular weight is 749 g/mol. The first-order valence-electron chi connectivity index (χ1n) is 21.3. The molecule has 0 bridgehead atoms. The molecule has 0 aromatic carbocycles. The minimum atomic E-state index is -0.815. The van der Waals surface area contributed by atoms with Crippen LogP contribution >= 0.6 is 0 Å². The zero-order valence-electron chi connectivity index (χ0n) is 34.4. The molecule has 304 valence electrons. The summed E-state index contributed by atoms with van der Waals surface area (Å²) in [5.74, 6) is -1.02. The Morgan fingerprint density at radius 3 is 1.41 bits per heavy atom. The van der Waals surface area contributed by atoms with Gasteiger partial charge in [0.1, 0.15) is 13.2 Å². The number of hydrogen-bond acceptors (Lipinski definition) is 6. The predicted molar refractivity (Wildman–Crippen MR) is 228 cm³/mol. The Balaban J connectivity index is 4.54. The molecule has 1 unspecified atom stereocenters. The van der Waals surface area contributed by atoms with E-state index in [4.69, 9.17) is 14.2 Å². The minimum Gasteiger partial charge on any atom is -0.462 e. The lowest BCUT2D eigenvalue weighted by atomic mass is 10.1. The Labute approximate surface area is 330 Å². The molecule has 0 aliphatic heterocycles. The average Bonchev–Trinajstić information content (AvgIpc) is 3.17. The third-order valence-corrected chi connectivity index (χ3v) is 8.39. The van der Waals surface area contributed by atoms with Crippen molar-refractivity contribution in [1.82, 2.24) is 0 Å². The molecule has 0 aromatic heterocycles. The number of hydrogen-bond donors (Lipinski definition) is 0. The van der Waals surface area contributed by atoms with Crippen molar-refractivity contribution < 1.29 is 28.6 Å². The summed E-state index contributed by atoms with van der Waals surface area (Å²) < 4.78 is 16.6. The predicted octanol–water partition coefficient (Wildman–Crippen LogP) is 13.5. The number of unbranched alkanes of at least 4 members (excludes halogenated alkanes) is 12. The highest BCUT2D eigenvalue weighted by atomic mass is 16.6. The summed E-state index contributed by atoms with van der Waals surface area (Å²) in [5.41, 5.74) is 0. The van der Waals surface area contributed by atoms with Gasteiger partial charge in [0.05, 0.1) is 0 Å². The fourth-order valence-electron chi connectivity index (χ4n) is 5.19. The Bertz CT molecular complexity index is 1140. The van der Waals surface area contributed by atoms with E-state index in [-0.39, 0.29) is 37.5 Å². The van der Waals surface area contributed by atoms with E-state index in [1.54, 1.807) is 0 Å². The quantitative estimate of drug-likeness (QED) is 0.0209.